The number of hydrogen-bond acceptors (Lipinski definition) is 9. The Morgan fingerprint density at radius 1 is 0.962 bits per heavy atom. The molecule has 15 nitrogen and oxygen atoms in total. The van der Waals surface area contributed by atoms with Crippen LogP contribution in [0.2, 0.25) is 0 Å². The second-order valence-corrected chi connectivity index (χ2v) is 12.5. The maximum atomic E-state index is 14.4. The summed E-state index contributed by atoms with van der Waals surface area (Å²) in [6.07, 6.45) is 0.423. The van der Waals surface area contributed by atoms with Crippen molar-refractivity contribution in [1.82, 2.24) is 25.8 Å². The van der Waals surface area contributed by atoms with E-state index in [1.54, 1.807) is 26.0 Å². The molecule has 0 aliphatic carbocycles. The van der Waals surface area contributed by atoms with Gasteiger partial charge >= 0.3 is 6.09 Å². The van der Waals surface area contributed by atoms with Crippen LogP contribution in [-0.4, -0.2) is 62.8 Å². The fraction of sp³-hybridized carbons (Fsp3) is 0.297. The number of guanidine groups is 1. The van der Waals surface area contributed by atoms with E-state index in [-0.39, 0.29) is 49.8 Å². The minimum absolute atomic E-state index is 0.0342. The largest absolute Gasteiger partial charge is 0.508 e. The zero-order valence-electron chi connectivity index (χ0n) is 29.0. The minimum atomic E-state index is -1.33. The number of phenolic OH excluding ortho intramolecular Hbond substituents is 1. The van der Waals surface area contributed by atoms with Crippen LogP contribution in [0.5, 0.6) is 5.75 Å². The molecule has 3 unspecified atom stereocenters. The van der Waals surface area contributed by atoms with Crippen molar-refractivity contribution in [3.8, 4) is 5.75 Å². The molecule has 15 heteroatoms. The molecule has 0 aliphatic heterocycles. The van der Waals surface area contributed by atoms with E-state index in [9.17, 15) is 19.5 Å². The number of aliphatic imine (C=N–C) groups is 1. The molecule has 272 valence electrons. The van der Waals surface area contributed by atoms with Crippen molar-refractivity contribution in [3.63, 3.8) is 0 Å². The lowest BCUT2D eigenvalue weighted by Gasteiger charge is -2.25. The Morgan fingerprint density at radius 2 is 1.67 bits per heavy atom. The third-order valence-electron chi connectivity index (χ3n) is 8.59. The predicted octanol–water partition coefficient (Wildman–Crippen LogP) is 3.11. The van der Waals surface area contributed by atoms with Crippen molar-refractivity contribution in [1.29, 1.82) is 0 Å². The number of aryl methyl sites for hydroxylation is 2. The Labute approximate surface area is 300 Å². The number of carbonyl (C=O) groups excluding carboxylic acids is 3. The third kappa shape index (κ3) is 9.87. The van der Waals surface area contributed by atoms with Gasteiger partial charge in [0.1, 0.15) is 17.8 Å². The lowest BCUT2D eigenvalue weighted by molar-refractivity contribution is -0.134. The van der Waals surface area contributed by atoms with Gasteiger partial charge in [0.05, 0.1) is 0 Å². The van der Waals surface area contributed by atoms with Crippen LogP contribution >= 0.6 is 0 Å². The highest BCUT2D eigenvalue weighted by Gasteiger charge is 2.32. The van der Waals surface area contributed by atoms with Gasteiger partial charge in [0.15, 0.2) is 17.9 Å². The van der Waals surface area contributed by atoms with Gasteiger partial charge in [-0.3, -0.25) is 14.6 Å². The average molecular weight is 710 g/mol. The van der Waals surface area contributed by atoms with Gasteiger partial charge in [-0.2, -0.15) is 4.98 Å². The molecule has 0 saturated heterocycles. The second kappa shape index (κ2) is 17.0. The first-order chi connectivity index (χ1) is 25.0. The van der Waals surface area contributed by atoms with E-state index in [1.165, 1.54) is 0 Å². The topological polar surface area (TPSA) is 250 Å². The van der Waals surface area contributed by atoms with E-state index >= 15 is 0 Å². The van der Waals surface area contributed by atoms with E-state index in [0.717, 1.165) is 27.6 Å². The molecule has 3 aromatic carbocycles. The maximum absolute atomic E-state index is 14.4. The summed E-state index contributed by atoms with van der Waals surface area (Å²) in [4.78, 5) is 51.7. The summed E-state index contributed by atoms with van der Waals surface area (Å²) in [6.45, 7) is 3.78. The van der Waals surface area contributed by atoms with E-state index < -0.39 is 36.1 Å². The number of rotatable bonds is 16. The Balaban J connectivity index is 1.46. The van der Waals surface area contributed by atoms with Crippen LogP contribution in [0.25, 0.3) is 10.9 Å². The zero-order chi connectivity index (χ0) is 37.2. The van der Waals surface area contributed by atoms with Gasteiger partial charge in [0.2, 0.25) is 11.8 Å². The molecule has 0 bridgehead atoms. The number of phenols is 1. The van der Waals surface area contributed by atoms with Gasteiger partial charge < -0.3 is 47.2 Å². The molecule has 10 N–H and O–H groups in total. The van der Waals surface area contributed by atoms with E-state index in [0.29, 0.717) is 23.4 Å². The number of aromatic hydroxyl groups is 1. The van der Waals surface area contributed by atoms with Crippen molar-refractivity contribution in [2.75, 3.05) is 6.54 Å². The summed E-state index contributed by atoms with van der Waals surface area (Å²) in [5, 5.41) is 21.1. The number of H-pyrrole nitrogens is 1. The molecule has 52 heavy (non-hydrogen) atoms. The van der Waals surface area contributed by atoms with Crippen molar-refractivity contribution in [3.05, 3.63) is 112 Å². The lowest BCUT2D eigenvalue weighted by atomic mass is 9.95. The third-order valence-corrected chi connectivity index (χ3v) is 8.59. The maximum Gasteiger partial charge on any atom is 0.405 e. The fourth-order valence-corrected chi connectivity index (χ4v) is 6.09. The number of hydrogen-bond donors (Lipinski definition) is 7. The average Bonchev–Trinajstić information content (AvgIpc) is 3.74. The predicted molar refractivity (Wildman–Crippen MR) is 194 cm³/mol. The summed E-state index contributed by atoms with van der Waals surface area (Å²) in [5.41, 5.74) is 21.1. The molecule has 5 aromatic rings. The van der Waals surface area contributed by atoms with Gasteiger partial charge in [-0.25, -0.2) is 4.79 Å². The van der Waals surface area contributed by atoms with Crippen LogP contribution in [0.3, 0.4) is 0 Å². The molecule has 5 rings (SSSR count). The Morgan fingerprint density at radius 3 is 2.38 bits per heavy atom. The number of nitrogens with zero attached hydrogens (tertiary/aromatic N) is 3. The molecule has 0 spiro atoms. The van der Waals surface area contributed by atoms with Gasteiger partial charge in [-0.15, -0.1) is 0 Å². The number of aromatic nitrogens is 3. The lowest BCUT2D eigenvalue weighted by Crippen LogP contribution is -2.52. The minimum Gasteiger partial charge on any atom is -0.508 e. The summed E-state index contributed by atoms with van der Waals surface area (Å²) < 4.78 is 10.9. The number of carbonyl (C=O) groups is 3. The molecule has 0 radical (unpaired) electrons. The van der Waals surface area contributed by atoms with Crippen molar-refractivity contribution < 1.29 is 28.8 Å². The number of aromatic amines is 1. The van der Waals surface area contributed by atoms with Crippen molar-refractivity contribution >= 4 is 34.8 Å². The smallest absolute Gasteiger partial charge is 0.405 e. The van der Waals surface area contributed by atoms with E-state index in [2.05, 4.69) is 30.8 Å². The number of para-hydroxylation sites is 1. The van der Waals surface area contributed by atoms with Crippen molar-refractivity contribution in [2.24, 2.45) is 22.2 Å². The Bertz CT molecular complexity index is 2010. The van der Waals surface area contributed by atoms with Gasteiger partial charge in [-0.1, -0.05) is 53.7 Å². The van der Waals surface area contributed by atoms with Crippen LogP contribution in [0.1, 0.15) is 58.4 Å². The summed E-state index contributed by atoms with van der Waals surface area (Å²) in [6, 6.07) is 18.6. The first-order valence-electron chi connectivity index (χ1n) is 16.8. The number of fused-ring (bicyclic) bond motifs is 1. The molecule has 3 amide bonds. The highest BCUT2D eigenvalue weighted by molar-refractivity contribution is 5.91. The monoisotopic (exact) mass is 709 g/mol. The molecule has 0 fully saturated rings. The number of nitrogens with two attached hydrogens (primary N) is 3. The standard InChI is InChI=1S/C37H43N9O6/c1-21-15-25(47)16-22(2)27(21)19-29(43-34(49)31(51-37(40)50)13-8-14-41-36(38)39)33(48)44-30(18-24-20-42-28-12-7-6-11-26(24)28)35-45-32(46-52-35)17-23-9-4-3-5-10-23/h3-7,9-12,15-16,20,29-31,42,47H,8,13-14,17-19H2,1-2H3,(H2,40,50)(H,43,49)(H,44,48)(H4,38,39,41). The number of nitrogens with one attached hydrogen (secondary N) is 3. The molecule has 2 heterocycles. The Hall–Kier alpha value is -6.38. The van der Waals surface area contributed by atoms with Crippen LogP contribution in [0.4, 0.5) is 4.79 Å². The number of benzene rings is 3. The van der Waals surface area contributed by atoms with Gasteiger partial charge in [0.25, 0.3) is 5.91 Å². The van der Waals surface area contributed by atoms with Gasteiger partial charge in [0, 0.05) is 42.9 Å². The molecular formula is C37H43N9O6. The summed E-state index contributed by atoms with van der Waals surface area (Å²) in [7, 11) is 0. The van der Waals surface area contributed by atoms with Crippen LogP contribution in [0.15, 0.2) is 82.4 Å². The second-order valence-electron chi connectivity index (χ2n) is 12.5. The quantitative estimate of drug-likeness (QED) is 0.0448. The Kier molecular flexibility index (Phi) is 12.1. The van der Waals surface area contributed by atoms with Crippen LogP contribution in [-0.2, 0) is 33.6 Å². The first kappa shape index (κ1) is 36.9. The SMILES string of the molecule is Cc1cc(O)cc(C)c1CC(NC(=O)C(CCCN=C(N)N)OC(N)=O)C(=O)NC(Cc1c[nH]c2ccccc12)c1nc(Cc2ccccc2)no1. The number of amides is 3. The first-order valence-corrected chi connectivity index (χ1v) is 16.8. The van der Waals surface area contributed by atoms with E-state index in [1.807, 2.05) is 60.8 Å². The molecular weight excluding hydrogens is 666 g/mol. The molecule has 3 atom stereocenters. The summed E-state index contributed by atoms with van der Waals surface area (Å²) in [5.74, 6) is -0.738. The molecule has 0 saturated carbocycles. The highest BCUT2D eigenvalue weighted by Crippen LogP contribution is 2.26. The van der Waals surface area contributed by atoms with E-state index in [4.69, 9.17) is 26.5 Å². The fourth-order valence-electron chi connectivity index (χ4n) is 6.09. The summed E-state index contributed by atoms with van der Waals surface area (Å²) >= 11 is 0. The van der Waals surface area contributed by atoms with Crippen LogP contribution < -0.4 is 27.8 Å². The normalized spacial score (nSPS) is 12.8. The highest BCUT2D eigenvalue weighted by atomic mass is 16.6. The number of ether oxygens (including phenoxy) is 1. The van der Waals surface area contributed by atoms with Crippen molar-refractivity contribution in [2.45, 2.75) is 64.1 Å². The zero-order valence-corrected chi connectivity index (χ0v) is 29.0. The number of primary amides is 1. The molecule has 2 aromatic heterocycles. The van der Waals surface area contributed by atoms with Gasteiger partial charge in [-0.05, 0) is 72.7 Å². The molecule has 0 aliphatic rings. The van der Waals surface area contributed by atoms with Crippen LogP contribution in [0, 0.1) is 13.8 Å².